The van der Waals surface area contributed by atoms with E-state index in [1.54, 1.807) is 0 Å². The van der Waals surface area contributed by atoms with Crippen LogP contribution in [0.5, 0.6) is 0 Å². The quantitative estimate of drug-likeness (QED) is 0.579. The molecule has 0 atom stereocenters. The Labute approximate surface area is 145 Å². The minimum atomic E-state index is -0.477. The molecule has 8 fully saturated rings. The van der Waals surface area contributed by atoms with E-state index in [2.05, 4.69) is 0 Å². The zero-order chi connectivity index (χ0) is 16.5. The lowest BCUT2D eigenvalue weighted by Crippen LogP contribution is -2.55. The number of hydrogen-bond donors (Lipinski definition) is 1. The molecule has 4 heteroatoms. The predicted octanol–water partition coefficient (Wildman–Crippen LogP) is 4.15. The number of nitrogens with two attached hydrogens (primary N) is 1. The first-order valence-corrected chi connectivity index (χ1v) is 10.3. The Morgan fingerprint density at radius 3 is 1.21 bits per heavy atom. The lowest BCUT2D eigenvalue weighted by Gasteiger charge is -2.55. The molecule has 0 aromatic heterocycles. The molecule has 0 saturated heterocycles. The maximum atomic E-state index is 11.1. The van der Waals surface area contributed by atoms with Crippen molar-refractivity contribution in [3.8, 4) is 0 Å². The summed E-state index contributed by atoms with van der Waals surface area (Å²) in [5, 5.41) is 11.1. The summed E-state index contributed by atoms with van der Waals surface area (Å²) >= 11 is 0. The van der Waals surface area contributed by atoms with E-state index in [0.717, 1.165) is 37.0 Å². The number of nitro groups is 1. The number of hydrogen-bond acceptors (Lipinski definition) is 3. The van der Waals surface area contributed by atoms with Crippen LogP contribution in [0.3, 0.4) is 0 Å². The van der Waals surface area contributed by atoms with E-state index in [-0.39, 0.29) is 4.92 Å². The van der Waals surface area contributed by atoms with Gasteiger partial charge in [0.1, 0.15) is 0 Å². The number of nitrogens with zero attached hydrogens (tertiary/aromatic N) is 1. The molecule has 0 spiro atoms. The van der Waals surface area contributed by atoms with Crippen molar-refractivity contribution in [3.63, 3.8) is 0 Å². The second kappa shape index (κ2) is 5.18. The highest BCUT2D eigenvalue weighted by atomic mass is 16.6. The van der Waals surface area contributed by atoms with Crippen molar-refractivity contribution in [1.82, 2.24) is 0 Å². The highest BCUT2D eigenvalue weighted by Crippen LogP contribution is 2.57. The van der Waals surface area contributed by atoms with Gasteiger partial charge in [0, 0.05) is 29.7 Å². The smallest absolute Gasteiger partial charge is 0.223 e. The van der Waals surface area contributed by atoms with Gasteiger partial charge in [0.05, 0.1) is 0 Å². The molecule has 8 bridgehead atoms. The average Bonchev–Trinajstić information content (AvgIpc) is 2.43. The maximum Gasteiger partial charge on any atom is 0.223 e. The third kappa shape index (κ3) is 2.51. The Morgan fingerprint density at radius 1 is 0.667 bits per heavy atom. The van der Waals surface area contributed by atoms with Crippen LogP contribution in [0.4, 0.5) is 0 Å². The van der Waals surface area contributed by atoms with E-state index >= 15 is 0 Å². The van der Waals surface area contributed by atoms with Crippen molar-refractivity contribution >= 4 is 0 Å². The van der Waals surface area contributed by atoms with Gasteiger partial charge in [0.25, 0.3) is 0 Å². The van der Waals surface area contributed by atoms with Crippen LogP contribution in [0.1, 0.15) is 77.0 Å². The standard InChI is InChI=1S/C10H15NO2.C10H17N/c12-11(13)10-4-7-1-8(5-10)3-9(2-7)6-10;11-10-4-7-1-8(5-10)3-9(2-7)6-10/h7-9H,1-6H2;7-9H,1-6,11H2. The molecule has 0 amide bonds. The fourth-order valence-corrected chi connectivity index (χ4v) is 8.47. The maximum absolute atomic E-state index is 11.1. The summed E-state index contributed by atoms with van der Waals surface area (Å²) in [5.41, 5.74) is 6.14. The third-order valence-corrected chi connectivity index (χ3v) is 8.48. The van der Waals surface area contributed by atoms with Gasteiger partial charge in [0.2, 0.25) is 5.54 Å². The highest BCUT2D eigenvalue weighted by Gasteiger charge is 2.58. The van der Waals surface area contributed by atoms with Crippen molar-refractivity contribution in [1.29, 1.82) is 0 Å². The van der Waals surface area contributed by atoms with E-state index in [9.17, 15) is 10.1 Å². The molecule has 0 unspecified atom stereocenters. The summed E-state index contributed by atoms with van der Waals surface area (Å²) in [4.78, 5) is 11.1. The molecular weight excluding hydrogens is 300 g/mol. The van der Waals surface area contributed by atoms with Gasteiger partial charge in [-0.15, -0.1) is 0 Å². The topological polar surface area (TPSA) is 69.2 Å². The van der Waals surface area contributed by atoms with E-state index in [1.807, 2.05) is 0 Å². The molecule has 0 radical (unpaired) electrons. The third-order valence-electron chi connectivity index (χ3n) is 8.48. The van der Waals surface area contributed by atoms with Crippen LogP contribution in [0.15, 0.2) is 0 Å². The first-order valence-electron chi connectivity index (χ1n) is 10.3. The van der Waals surface area contributed by atoms with Gasteiger partial charge in [-0.25, -0.2) is 0 Å². The predicted molar refractivity (Wildman–Crippen MR) is 93.0 cm³/mol. The molecule has 0 aliphatic heterocycles. The summed E-state index contributed by atoms with van der Waals surface area (Å²) in [6, 6.07) is 0. The van der Waals surface area contributed by atoms with Crippen molar-refractivity contribution in [2.75, 3.05) is 0 Å². The zero-order valence-electron chi connectivity index (χ0n) is 14.8. The Balaban J connectivity index is 0.000000110. The van der Waals surface area contributed by atoms with Crippen LogP contribution in [0.2, 0.25) is 0 Å². The molecule has 8 rings (SSSR count). The first-order chi connectivity index (χ1) is 11.4. The molecule has 0 heterocycles. The minimum absolute atomic E-state index is 0.0392. The van der Waals surface area contributed by atoms with E-state index in [0.29, 0.717) is 23.3 Å². The van der Waals surface area contributed by atoms with Gasteiger partial charge in [-0.05, 0) is 93.3 Å². The molecule has 0 aromatic rings. The molecule has 4 nitrogen and oxygen atoms in total. The van der Waals surface area contributed by atoms with Crippen LogP contribution in [-0.2, 0) is 0 Å². The summed E-state index contributed by atoms with van der Waals surface area (Å²) in [6.07, 6.45) is 15.1. The Kier molecular flexibility index (Phi) is 3.37. The van der Waals surface area contributed by atoms with Crippen molar-refractivity contribution in [3.05, 3.63) is 10.1 Å². The lowest BCUT2D eigenvalue weighted by molar-refractivity contribution is -0.588. The van der Waals surface area contributed by atoms with Crippen LogP contribution < -0.4 is 5.73 Å². The van der Waals surface area contributed by atoms with Gasteiger partial charge in [-0.1, -0.05) is 0 Å². The second-order valence-corrected chi connectivity index (χ2v) is 10.7. The highest BCUT2D eigenvalue weighted by molar-refractivity contribution is 5.04. The Hall–Kier alpha value is -0.640. The van der Waals surface area contributed by atoms with Crippen LogP contribution in [0.25, 0.3) is 0 Å². The molecule has 0 aromatic carbocycles. The molecule has 24 heavy (non-hydrogen) atoms. The van der Waals surface area contributed by atoms with Gasteiger partial charge >= 0.3 is 0 Å². The monoisotopic (exact) mass is 332 g/mol. The van der Waals surface area contributed by atoms with Gasteiger partial charge < -0.3 is 5.73 Å². The van der Waals surface area contributed by atoms with Gasteiger partial charge in [0.15, 0.2) is 0 Å². The molecular formula is C20H32N2O2. The molecule has 8 aliphatic carbocycles. The van der Waals surface area contributed by atoms with Crippen molar-refractivity contribution in [2.24, 2.45) is 41.2 Å². The molecule has 2 N–H and O–H groups in total. The minimum Gasteiger partial charge on any atom is -0.325 e. The van der Waals surface area contributed by atoms with Crippen molar-refractivity contribution < 1.29 is 4.92 Å². The Bertz CT molecular complexity index is 473. The normalized spacial score (nSPS) is 56.0. The summed E-state index contributed by atoms with van der Waals surface area (Å²) in [6.45, 7) is 0. The Morgan fingerprint density at radius 2 is 0.958 bits per heavy atom. The van der Waals surface area contributed by atoms with Crippen LogP contribution in [-0.4, -0.2) is 16.0 Å². The zero-order valence-corrected chi connectivity index (χ0v) is 14.8. The second-order valence-electron chi connectivity index (χ2n) is 10.7. The first kappa shape index (κ1) is 15.6. The van der Waals surface area contributed by atoms with Crippen LogP contribution in [0, 0.1) is 45.6 Å². The van der Waals surface area contributed by atoms with E-state index < -0.39 is 5.54 Å². The largest absolute Gasteiger partial charge is 0.325 e. The van der Waals surface area contributed by atoms with Crippen LogP contribution >= 0.6 is 0 Å². The molecule has 8 aliphatic rings. The number of rotatable bonds is 1. The fraction of sp³-hybridized carbons (Fsp3) is 1.00. The molecule has 134 valence electrons. The van der Waals surface area contributed by atoms with E-state index in [1.165, 1.54) is 57.8 Å². The molecule has 8 saturated carbocycles. The summed E-state index contributed by atoms with van der Waals surface area (Å²) in [5.74, 6) is 5.13. The SMILES string of the molecule is NC12CC3CC(CC(C3)C1)C2.O=[N+]([O-])C12CC3CC(CC(C3)C1)C2. The summed E-state index contributed by atoms with van der Waals surface area (Å²) < 4.78 is 0. The summed E-state index contributed by atoms with van der Waals surface area (Å²) in [7, 11) is 0. The van der Waals surface area contributed by atoms with Crippen molar-refractivity contribution in [2.45, 2.75) is 88.1 Å². The van der Waals surface area contributed by atoms with Gasteiger partial charge in [-0.3, -0.25) is 10.1 Å². The average molecular weight is 332 g/mol. The fourth-order valence-electron chi connectivity index (χ4n) is 8.47. The lowest BCUT2D eigenvalue weighted by atomic mass is 9.53. The van der Waals surface area contributed by atoms with Gasteiger partial charge in [-0.2, -0.15) is 0 Å². The van der Waals surface area contributed by atoms with E-state index in [4.69, 9.17) is 5.73 Å².